The van der Waals surface area contributed by atoms with Crippen LogP contribution in [0.25, 0.3) is 0 Å². The second-order valence-electron chi connectivity index (χ2n) is 6.99. The van der Waals surface area contributed by atoms with Gasteiger partial charge in [0, 0.05) is 25.7 Å². The quantitative estimate of drug-likeness (QED) is 0.864. The molecular weight excluding hydrogens is 312 g/mol. The zero-order valence-electron chi connectivity index (χ0n) is 15.7. The molecule has 2 amide bonds. The lowest BCUT2D eigenvalue weighted by molar-refractivity contribution is 0.169. The molecule has 1 aliphatic heterocycles. The first-order chi connectivity index (χ1) is 12.0. The van der Waals surface area contributed by atoms with Crippen LogP contribution >= 0.6 is 0 Å². The Bertz CT molecular complexity index is 587. The maximum atomic E-state index is 12.4. The highest BCUT2D eigenvalue weighted by Gasteiger charge is 2.37. The van der Waals surface area contributed by atoms with Crippen molar-refractivity contribution in [2.45, 2.75) is 44.6 Å². The van der Waals surface area contributed by atoms with Crippen LogP contribution < -0.4 is 5.32 Å². The van der Waals surface area contributed by atoms with Gasteiger partial charge in [-0.2, -0.15) is 5.26 Å². The number of urea groups is 1. The number of amides is 2. The summed E-state index contributed by atoms with van der Waals surface area (Å²) < 4.78 is 0. The fourth-order valence-corrected chi connectivity index (χ4v) is 3.35. The van der Waals surface area contributed by atoms with Gasteiger partial charge in [-0.1, -0.05) is 37.3 Å². The highest BCUT2D eigenvalue weighted by molar-refractivity contribution is 5.74. The van der Waals surface area contributed by atoms with Crippen LogP contribution in [-0.2, 0) is 5.41 Å². The molecule has 5 nitrogen and oxygen atoms in total. The zero-order chi connectivity index (χ0) is 18.3. The highest BCUT2D eigenvalue weighted by Crippen LogP contribution is 2.34. The number of piperidine rings is 1. The zero-order valence-corrected chi connectivity index (χ0v) is 15.7. The number of nitrogens with zero attached hydrogens (tertiary/aromatic N) is 3. The summed E-state index contributed by atoms with van der Waals surface area (Å²) in [5, 5.41) is 12.7. The molecule has 0 aromatic heterocycles. The Labute approximate surface area is 151 Å². The first-order valence-electron chi connectivity index (χ1n) is 9.22. The average molecular weight is 342 g/mol. The summed E-state index contributed by atoms with van der Waals surface area (Å²) in [6, 6.07) is 12.9. The number of nitrogens with one attached hydrogen (secondary N) is 1. The number of nitriles is 1. The lowest BCUT2D eigenvalue weighted by atomic mass is 9.74. The average Bonchev–Trinajstić information content (AvgIpc) is 2.67. The highest BCUT2D eigenvalue weighted by atomic mass is 16.2. The predicted octanol–water partition coefficient (Wildman–Crippen LogP) is 2.98. The minimum absolute atomic E-state index is 0.00838. The molecule has 25 heavy (non-hydrogen) atoms. The minimum atomic E-state index is -0.462. The van der Waals surface area contributed by atoms with E-state index < -0.39 is 5.41 Å². The van der Waals surface area contributed by atoms with E-state index in [1.807, 2.05) is 35.2 Å². The van der Waals surface area contributed by atoms with Crippen molar-refractivity contribution in [1.29, 1.82) is 5.26 Å². The standard InChI is InChI=1S/C20H30N4O/c1-4-23(3)17(2)10-13-22-19(25)24-14-11-20(16-21,12-15-24)18-8-6-5-7-9-18/h5-9,17H,4,10-15H2,1-3H3,(H,22,25)/t17-/m1/s1. The summed E-state index contributed by atoms with van der Waals surface area (Å²) in [6.07, 6.45) is 2.32. The molecule has 5 heteroatoms. The normalized spacial score (nSPS) is 17.8. The molecule has 2 rings (SSSR count). The number of likely N-dealkylation sites (tertiary alicyclic amines) is 1. The lowest BCUT2D eigenvalue weighted by Crippen LogP contribution is -2.49. The Morgan fingerprint density at radius 1 is 1.36 bits per heavy atom. The van der Waals surface area contributed by atoms with Crippen LogP contribution in [0.15, 0.2) is 30.3 Å². The lowest BCUT2D eigenvalue weighted by Gasteiger charge is -2.37. The van der Waals surface area contributed by atoms with Crippen LogP contribution in [0.4, 0.5) is 4.79 Å². The van der Waals surface area contributed by atoms with E-state index in [4.69, 9.17) is 0 Å². The second-order valence-corrected chi connectivity index (χ2v) is 6.99. The number of benzene rings is 1. The third-order valence-corrected chi connectivity index (χ3v) is 5.53. The number of hydrogen-bond acceptors (Lipinski definition) is 3. The van der Waals surface area contributed by atoms with Crippen molar-refractivity contribution in [2.24, 2.45) is 0 Å². The Balaban J connectivity index is 1.83. The Kier molecular flexibility index (Phi) is 6.83. The van der Waals surface area contributed by atoms with E-state index in [9.17, 15) is 10.1 Å². The van der Waals surface area contributed by atoms with Crippen molar-refractivity contribution in [3.63, 3.8) is 0 Å². The second kappa shape index (κ2) is 8.87. The van der Waals surface area contributed by atoms with Crippen LogP contribution in [0.5, 0.6) is 0 Å². The van der Waals surface area contributed by atoms with Crippen LogP contribution in [0.1, 0.15) is 38.7 Å². The van der Waals surface area contributed by atoms with E-state index in [0.29, 0.717) is 38.5 Å². The molecule has 1 aromatic carbocycles. The van der Waals surface area contributed by atoms with Gasteiger partial charge in [0.25, 0.3) is 0 Å². The molecule has 1 N–H and O–H groups in total. The van der Waals surface area contributed by atoms with E-state index in [1.54, 1.807) is 0 Å². The molecular formula is C20H30N4O. The molecule has 1 aliphatic rings. The van der Waals surface area contributed by atoms with Gasteiger partial charge in [-0.3, -0.25) is 0 Å². The topological polar surface area (TPSA) is 59.4 Å². The molecule has 0 unspecified atom stereocenters. The van der Waals surface area contributed by atoms with Gasteiger partial charge in [-0.25, -0.2) is 4.79 Å². The Morgan fingerprint density at radius 2 is 2.00 bits per heavy atom. The molecule has 136 valence electrons. The van der Waals surface area contributed by atoms with Gasteiger partial charge < -0.3 is 15.1 Å². The minimum Gasteiger partial charge on any atom is -0.338 e. The Morgan fingerprint density at radius 3 is 2.56 bits per heavy atom. The summed E-state index contributed by atoms with van der Waals surface area (Å²) in [6.45, 7) is 7.26. The van der Waals surface area contributed by atoms with Crippen molar-refractivity contribution in [3.8, 4) is 6.07 Å². The maximum Gasteiger partial charge on any atom is 0.317 e. The van der Waals surface area contributed by atoms with E-state index in [-0.39, 0.29) is 6.03 Å². The molecule has 0 radical (unpaired) electrons. The Hall–Kier alpha value is -2.06. The van der Waals surface area contributed by atoms with Crippen LogP contribution in [0.2, 0.25) is 0 Å². The monoisotopic (exact) mass is 342 g/mol. The van der Waals surface area contributed by atoms with Gasteiger partial charge in [-0.15, -0.1) is 0 Å². The SMILES string of the molecule is CCN(C)[C@H](C)CCNC(=O)N1CCC(C#N)(c2ccccc2)CC1. The third-order valence-electron chi connectivity index (χ3n) is 5.53. The van der Waals surface area contributed by atoms with Crippen molar-refractivity contribution in [2.75, 3.05) is 33.2 Å². The van der Waals surface area contributed by atoms with E-state index in [2.05, 4.69) is 37.2 Å². The third kappa shape index (κ3) is 4.73. The molecule has 1 aromatic rings. The fourth-order valence-electron chi connectivity index (χ4n) is 3.35. The molecule has 0 spiro atoms. The molecule has 1 fully saturated rings. The van der Waals surface area contributed by atoms with Gasteiger partial charge in [0.1, 0.15) is 0 Å². The first-order valence-corrected chi connectivity index (χ1v) is 9.22. The molecule has 0 aliphatic carbocycles. The van der Waals surface area contributed by atoms with Crippen molar-refractivity contribution < 1.29 is 4.79 Å². The molecule has 1 atom stereocenters. The van der Waals surface area contributed by atoms with Gasteiger partial charge in [-0.05, 0) is 45.3 Å². The maximum absolute atomic E-state index is 12.4. The smallest absolute Gasteiger partial charge is 0.317 e. The van der Waals surface area contributed by atoms with Crippen LogP contribution in [0.3, 0.4) is 0 Å². The number of hydrogen-bond donors (Lipinski definition) is 1. The summed E-state index contributed by atoms with van der Waals surface area (Å²) in [4.78, 5) is 16.5. The largest absolute Gasteiger partial charge is 0.338 e. The van der Waals surface area contributed by atoms with Gasteiger partial charge >= 0.3 is 6.03 Å². The fraction of sp³-hybridized carbons (Fsp3) is 0.600. The van der Waals surface area contributed by atoms with Crippen molar-refractivity contribution in [1.82, 2.24) is 15.1 Å². The van der Waals surface area contributed by atoms with Crippen LogP contribution in [-0.4, -0.2) is 55.1 Å². The number of carbonyl (C=O) groups excluding carboxylic acids is 1. The molecule has 1 saturated heterocycles. The molecule has 0 bridgehead atoms. The van der Waals surface area contributed by atoms with Crippen molar-refractivity contribution in [3.05, 3.63) is 35.9 Å². The molecule has 1 heterocycles. The van der Waals surface area contributed by atoms with Gasteiger partial charge in [0.15, 0.2) is 0 Å². The van der Waals surface area contributed by atoms with Gasteiger partial charge in [0.2, 0.25) is 0 Å². The summed E-state index contributed by atoms with van der Waals surface area (Å²) >= 11 is 0. The summed E-state index contributed by atoms with van der Waals surface area (Å²) in [5.41, 5.74) is 0.602. The summed E-state index contributed by atoms with van der Waals surface area (Å²) in [5.74, 6) is 0. The van der Waals surface area contributed by atoms with Crippen LogP contribution in [0, 0.1) is 11.3 Å². The predicted molar refractivity (Wildman–Crippen MR) is 100 cm³/mol. The van der Waals surface area contributed by atoms with E-state index in [0.717, 1.165) is 18.5 Å². The van der Waals surface area contributed by atoms with E-state index in [1.165, 1.54) is 0 Å². The van der Waals surface area contributed by atoms with Gasteiger partial charge in [0.05, 0.1) is 11.5 Å². The number of rotatable bonds is 6. The van der Waals surface area contributed by atoms with E-state index >= 15 is 0 Å². The summed E-state index contributed by atoms with van der Waals surface area (Å²) in [7, 11) is 2.10. The van der Waals surface area contributed by atoms with Crippen molar-refractivity contribution >= 4 is 6.03 Å². The first kappa shape index (κ1) is 19.3. The number of carbonyl (C=O) groups is 1. The molecule has 0 saturated carbocycles.